The van der Waals surface area contributed by atoms with E-state index in [1.54, 1.807) is 30.3 Å². The molecule has 34 heavy (non-hydrogen) atoms. The zero-order chi connectivity index (χ0) is 24.7. The number of nitrogens with zero attached hydrogens (tertiary/aromatic N) is 4. The zero-order valence-electron chi connectivity index (χ0n) is 17.7. The normalized spacial score (nSPS) is 15.2. The highest BCUT2D eigenvalue weighted by Gasteiger charge is 2.40. The Morgan fingerprint density at radius 2 is 1.82 bits per heavy atom. The number of anilines is 1. The van der Waals surface area contributed by atoms with Gasteiger partial charge in [-0.3, -0.25) is 4.79 Å². The summed E-state index contributed by atoms with van der Waals surface area (Å²) in [6.07, 6.45) is -3.77. The highest BCUT2D eigenvalue weighted by molar-refractivity contribution is 7.88. The van der Waals surface area contributed by atoms with Crippen molar-refractivity contribution in [1.82, 2.24) is 14.5 Å². The summed E-state index contributed by atoms with van der Waals surface area (Å²) >= 11 is 0. The lowest BCUT2D eigenvalue weighted by Crippen LogP contribution is -2.56. The van der Waals surface area contributed by atoms with E-state index in [4.69, 9.17) is 0 Å². The van der Waals surface area contributed by atoms with Crippen molar-refractivity contribution in [2.45, 2.75) is 12.7 Å². The van der Waals surface area contributed by atoms with Gasteiger partial charge in [-0.05, 0) is 24.3 Å². The first-order valence-electron chi connectivity index (χ1n) is 9.94. The van der Waals surface area contributed by atoms with Gasteiger partial charge in [0.05, 0.1) is 18.7 Å². The molecular weight excluding hydrogens is 480 g/mol. The van der Waals surface area contributed by atoms with Crippen molar-refractivity contribution in [3.05, 3.63) is 65.8 Å². The van der Waals surface area contributed by atoms with Gasteiger partial charge in [0.25, 0.3) is 0 Å². The standard InChI is InChI=1S/C21H18F4N4O4S/c1-34(31,32)28-10-15(11-28)19(30)29(16-5-3-2-4-6-16)12-14-8-7-13(9-17(14)22)18-26-27-20(33-18)21(23,24)25/h2-9,15H,10-12H2,1H3. The second-order valence-electron chi connectivity index (χ2n) is 7.75. The Bertz CT molecular complexity index is 1310. The highest BCUT2D eigenvalue weighted by atomic mass is 32.2. The monoisotopic (exact) mass is 498 g/mol. The summed E-state index contributed by atoms with van der Waals surface area (Å²) in [4.78, 5) is 14.5. The number of halogens is 4. The smallest absolute Gasteiger partial charge is 0.413 e. The van der Waals surface area contributed by atoms with Gasteiger partial charge in [-0.2, -0.15) is 13.2 Å². The average molecular weight is 498 g/mol. The number of benzene rings is 2. The largest absolute Gasteiger partial charge is 0.470 e. The number of hydrogen-bond acceptors (Lipinski definition) is 6. The van der Waals surface area contributed by atoms with Crippen molar-refractivity contribution in [1.29, 1.82) is 0 Å². The molecule has 2 heterocycles. The molecule has 1 saturated heterocycles. The summed E-state index contributed by atoms with van der Waals surface area (Å²) in [5.74, 6) is -3.79. The number of aromatic nitrogens is 2. The molecule has 3 aromatic rings. The maximum Gasteiger partial charge on any atom is 0.470 e. The molecule has 1 aromatic heterocycles. The number of sulfonamides is 1. The summed E-state index contributed by atoms with van der Waals surface area (Å²) in [6, 6.07) is 12.0. The third kappa shape index (κ3) is 4.94. The van der Waals surface area contributed by atoms with Crippen molar-refractivity contribution in [2.75, 3.05) is 24.2 Å². The Morgan fingerprint density at radius 1 is 1.15 bits per heavy atom. The van der Waals surface area contributed by atoms with Crippen LogP contribution in [0.25, 0.3) is 11.5 Å². The molecule has 0 bridgehead atoms. The van der Waals surface area contributed by atoms with Crippen LogP contribution < -0.4 is 4.90 Å². The molecule has 0 unspecified atom stereocenters. The molecule has 1 fully saturated rings. The SMILES string of the molecule is CS(=O)(=O)N1CC(C(=O)N(Cc2ccc(-c3nnc(C(F)(F)F)o3)cc2F)c2ccccc2)C1. The third-order valence-electron chi connectivity index (χ3n) is 5.30. The Labute approximate surface area is 191 Å². The van der Waals surface area contributed by atoms with Gasteiger partial charge in [0.15, 0.2) is 0 Å². The lowest BCUT2D eigenvalue weighted by Gasteiger charge is -2.39. The van der Waals surface area contributed by atoms with Crippen LogP contribution in [0.1, 0.15) is 11.5 Å². The summed E-state index contributed by atoms with van der Waals surface area (Å²) in [5, 5.41) is 6.23. The molecule has 1 amide bonds. The number of carbonyl (C=O) groups excluding carboxylic acids is 1. The van der Waals surface area contributed by atoms with E-state index < -0.39 is 39.7 Å². The van der Waals surface area contributed by atoms with Gasteiger partial charge in [0.2, 0.25) is 21.8 Å². The fourth-order valence-corrected chi connectivity index (χ4v) is 4.32. The van der Waals surface area contributed by atoms with E-state index in [1.807, 2.05) is 0 Å². The van der Waals surface area contributed by atoms with Crippen LogP contribution in [-0.4, -0.2) is 48.2 Å². The predicted molar refractivity (Wildman–Crippen MR) is 112 cm³/mol. The number of carbonyl (C=O) groups is 1. The van der Waals surface area contributed by atoms with Crippen LogP contribution in [0.2, 0.25) is 0 Å². The molecule has 180 valence electrons. The first-order chi connectivity index (χ1) is 15.9. The molecule has 13 heteroatoms. The number of amides is 1. The first kappa shape index (κ1) is 23.8. The number of rotatable bonds is 6. The lowest BCUT2D eigenvalue weighted by atomic mass is 10.0. The molecule has 0 radical (unpaired) electrons. The summed E-state index contributed by atoms with van der Waals surface area (Å²) in [7, 11) is -3.41. The Kier molecular flexibility index (Phi) is 6.16. The summed E-state index contributed by atoms with van der Waals surface area (Å²) in [5.41, 5.74) is 0.529. The van der Waals surface area contributed by atoms with Crippen molar-refractivity contribution in [3.8, 4) is 11.5 Å². The van der Waals surface area contributed by atoms with Crippen LogP contribution in [-0.2, 0) is 27.5 Å². The quantitative estimate of drug-likeness (QED) is 0.484. The van der Waals surface area contributed by atoms with Crippen molar-refractivity contribution in [2.24, 2.45) is 5.92 Å². The minimum absolute atomic E-state index is 0.0289. The average Bonchev–Trinajstić information content (AvgIpc) is 3.22. The maximum absolute atomic E-state index is 14.9. The van der Waals surface area contributed by atoms with E-state index in [2.05, 4.69) is 14.6 Å². The Balaban J connectivity index is 1.57. The predicted octanol–water partition coefficient (Wildman–Crippen LogP) is 3.32. The van der Waals surface area contributed by atoms with E-state index in [1.165, 1.54) is 21.3 Å². The summed E-state index contributed by atoms with van der Waals surface area (Å²) < 4.78 is 82.0. The van der Waals surface area contributed by atoms with E-state index in [-0.39, 0.29) is 36.7 Å². The zero-order valence-corrected chi connectivity index (χ0v) is 18.5. The second-order valence-corrected chi connectivity index (χ2v) is 9.74. The second kappa shape index (κ2) is 8.80. The van der Waals surface area contributed by atoms with Crippen molar-refractivity contribution in [3.63, 3.8) is 0 Å². The minimum atomic E-state index is -4.82. The van der Waals surface area contributed by atoms with Gasteiger partial charge in [0.1, 0.15) is 5.82 Å². The van der Waals surface area contributed by atoms with Crippen LogP contribution in [0.3, 0.4) is 0 Å². The molecule has 1 aliphatic heterocycles. The minimum Gasteiger partial charge on any atom is -0.413 e. The van der Waals surface area contributed by atoms with E-state index in [0.717, 1.165) is 12.3 Å². The van der Waals surface area contributed by atoms with E-state index in [0.29, 0.717) is 5.69 Å². The highest BCUT2D eigenvalue weighted by Crippen LogP contribution is 2.31. The van der Waals surface area contributed by atoms with Crippen LogP contribution in [0, 0.1) is 11.7 Å². The molecule has 0 aliphatic carbocycles. The number of hydrogen-bond donors (Lipinski definition) is 0. The number of para-hydroxylation sites is 1. The Hall–Kier alpha value is -3.32. The van der Waals surface area contributed by atoms with Crippen LogP contribution in [0.15, 0.2) is 52.9 Å². The van der Waals surface area contributed by atoms with Gasteiger partial charge in [-0.1, -0.05) is 24.3 Å². The molecule has 8 nitrogen and oxygen atoms in total. The third-order valence-corrected chi connectivity index (χ3v) is 6.53. The molecule has 1 aliphatic rings. The molecule has 0 atom stereocenters. The maximum atomic E-state index is 14.9. The lowest BCUT2D eigenvalue weighted by molar-refractivity contribution is -0.157. The van der Waals surface area contributed by atoms with Crippen LogP contribution in [0.5, 0.6) is 0 Å². The summed E-state index contributed by atoms with van der Waals surface area (Å²) in [6.45, 7) is -0.121. The van der Waals surface area contributed by atoms with Gasteiger partial charge in [-0.25, -0.2) is 17.1 Å². The Morgan fingerprint density at radius 3 is 2.38 bits per heavy atom. The van der Waals surface area contributed by atoms with Gasteiger partial charge < -0.3 is 9.32 Å². The van der Waals surface area contributed by atoms with Gasteiger partial charge in [-0.15, -0.1) is 10.2 Å². The van der Waals surface area contributed by atoms with Gasteiger partial charge >= 0.3 is 12.1 Å². The topological polar surface area (TPSA) is 96.6 Å². The van der Waals surface area contributed by atoms with Crippen molar-refractivity contribution >= 4 is 21.6 Å². The van der Waals surface area contributed by atoms with Crippen LogP contribution in [0.4, 0.5) is 23.2 Å². The molecule has 2 aromatic carbocycles. The fraction of sp³-hybridized carbons (Fsp3) is 0.286. The molecule has 0 saturated carbocycles. The molecule has 4 rings (SSSR count). The van der Waals surface area contributed by atoms with Crippen LogP contribution >= 0.6 is 0 Å². The molecule has 0 spiro atoms. The fourth-order valence-electron chi connectivity index (χ4n) is 3.42. The van der Waals surface area contributed by atoms with Gasteiger partial charge in [0, 0.05) is 29.9 Å². The number of alkyl halides is 3. The van der Waals surface area contributed by atoms with E-state index in [9.17, 15) is 30.8 Å². The molecule has 0 N–H and O–H groups in total. The molecular formula is C21H18F4N4O4S. The van der Waals surface area contributed by atoms with E-state index >= 15 is 0 Å². The first-order valence-corrected chi connectivity index (χ1v) is 11.8. The van der Waals surface area contributed by atoms with Crippen molar-refractivity contribution < 1.29 is 35.2 Å².